The Labute approximate surface area is 89.5 Å². The van der Waals surface area contributed by atoms with Gasteiger partial charge in [-0.15, -0.1) is 0 Å². The highest BCUT2D eigenvalue weighted by Crippen LogP contribution is 2.59. The summed E-state index contributed by atoms with van der Waals surface area (Å²) in [6.07, 6.45) is 8.54. The van der Waals surface area contributed by atoms with Crippen LogP contribution < -0.4 is 5.73 Å². The van der Waals surface area contributed by atoms with Gasteiger partial charge < -0.3 is 5.73 Å². The van der Waals surface area contributed by atoms with Gasteiger partial charge in [0.25, 0.3) is 0 Å². The molecule has 0 heterocycles. The lowest BCUT2D eigenvalue weighted by atomic mass is 9.92. The molecule has 1 aliphatic carbocycles. The standard InChI is InChI=1S/C13H27N/c1-4-13(5-2)10-12(13)7-6-11(3)8-9-14/h11-12H,4-10,14H2,1-3H3/p+1. The molecule has 3 N–H and O–H groups in total. The second kappa shape index (κ2) is 5.16. The third-order valence-corrected chi connectivity index (χ3v) is 4.47. The van der Waals surface area contributed by atoms with Gasteiger partial charge in [0.05, 0.1) is 6.54 Å². The van der Waals surface area contributed by atoms with Gasteiger partial charge in [-0.1, -0.05) is 40.0 Å². The first-order chi connectivity index (χ1) is 6.68. The van der Waals surface area contributed by atoms with Crippen LogP contribution in [0, 0.1) is 17.3 Å². The Morgan fingerprint density at radius 3 is 2.36 bits per heavy atom. The van der Waals surface area contributed by atoms with Crippen LogP contribution in [0.2, 0.25) is 0 Å². The summed E-state index contributed by atoms with van der Waals surface area (Å²) >= 11 is 0. The van der Waals surface area contributed by atoms with Crippen LogP contribution in [0.4, 0.5) is 0 Å². The molecule has 0 saturated heterocycles. The molecule has 1 heteroatoms. The molecule has 0 aromatic heterocycles. The molecule has 0 bridgehead atoms. The SMILES string of the molecule is CCC1(CC)CC1CCC(C)CC[NH3+]. The summed E-state index contributed by atoms with van der Waals surface area (Å²) in [7, 11) is 0. The predicted molar refractivity (Wildman–Crippen MR) is 61.9 cm³/mol. The van der Waals surface area contributed by atoms with E-state index in [-0.39, 0.29) is 0 Å². The highest BCUT2D eigenvalue weighted by atomic mass is 14.5. The highest BCUT2D eigenvalue weighted by Gasteiger charge is 2.49. The van der Waals surface area contributed by atoms with Crippen molar-refractivity contribution in [2.24, 2.45) is 17.3 Å². The van der Waals surface area contributed by atoms with E-state index in [1.807, 2.05) is 0 Å². The summed E-state index contributed by atoms with van der Waals surface area (Å²) in [6, 6.07) is 0. The van der Waals surface area contributed by atoms with Crippen LogP contribution in [0.15, 0.2) is 0 Å². The molecular weight excluding hydrogens is 170 g/mol. The van der Waals surface area contributed by atoms with Gasteiger partial charge in [0.1, 0.15) is 0 Å². The van der Waals surface area contributed by atoms with Crippen LogP contribution >= 0.6 is 0 Å². The summed E-state index contributed by atoms with van der Waals surface area (Å²) in [4.78, 5) is 0. The topological polar surface area (TPSA) is 27.6 Å². The molecule has 0 aliphatic heterocycles. The molecular formula is C13H28N+. The van der Waals surface area contributed by atoms with Crippen molar-refractivity contribution in [3.63, 3.8) is 0 Å². The van der Waals surface area contributed by atoms with Crippen LogP contribution in [0.25, 0.3) is 0 Å². The average molecular weight is 198 g/mol. The van der Waals surface area contributed by atoms with Gasteiger partial charge in [-0.05, 0) is 36.5 Å². The summed E-state index contributed by atoms with van der Waals surface area (Å²) in [5.74, 6) is 1.96. The van der Waals surface area contributed by atoms with E-state index in [2.05, 4.69) is 26.5 Å². The fraction of sp³-hybridized carbons (Fsp3) is 1.00. The number of rotatable bonds is 7. The molecule has 2 unspecified atom stereocenters. The maximum atomic E-state index is 3.93. The fourth-order valence-electron chi connectivity index (χ4n) is 2.93. The predicted octanol–water partition coefficient (Wildman–Crippen LogP) is 2.86. The smallest absolute Gasteiger partial charge is 0.0742 e. The van der Waals surface area contributed by atoms with Crippen molar-refractivity contribution in [3.05, 3.63) is 0 Å². The third kappa shape index (κ3) is 2.73. The molecule has 14 heavy (non-hydrogen) atoms. The Morgan fingerprint density at radius 1 is 1.29 bits per heavy atom. The summed E-state index contributed by atoms with van der Waals surface area (Å²) in [6.45, 7) is 8.22. The summed E-state index contributed by atoms with van der Waals surface area (Å²) in [5, 5.41) is 0. The van der Waals surface area contributed by atoms with E-state index in [0.29, 0.717) is 0 Å². The van der Waals surface area contributed by atoms with Crippen molar-refractivity contribution in [1.82, 2.24) is 0 Å². The van der Waals surface area contributed by atoms with Gasteiger partial charge >= 0.3 is 0 Å². The quantitative estimate of drug-likeness (QED) is 0.651. The molecule has 0 aromatic rings. The molecule has 2 atom stereocenters. The van der Waals surface area contributed by atoms with Crippen LogP contribution in [0.1, 0.15) is 59.3 Å². The van der Waals surface area contributed by atoms with Crippen LogP contribution in [0.5, 0.6) is 0 Å². The van der Waals surface area contributed by atoms with Crippen molar-refractivity contribution in [2.45, 2.75) is 59.3 Å². The molecule has 1 saturated carbocycles. The minimum absolute atomic E-state index is 0.768. The van der Waals surface area contributed by atoms with Crippen LogP contribution in [-0.2, 0) is 0 Å². The minimum atomic E-state index is 0.768. The third-order valence-electron chi connectivity index (χ3n) is 4.47. The van der Waals surface area contributed by atoms with Crippen LogP contribution in [-0.4, -0.2) is 6.54 Å². The Balaban J connectivity index is 2.16. The first-order valence-electron chi connectivity index (χ1n) is 6.47. The minimum Gasteiger partial charge on any atom is -0.358 e. The molecule has 0 amide bonds. The molecule has 0 aromatic carbocycles. The van der Waals surface area contributed by atoms with E-state index in [1.165, 1.54) is 38.5 Å². The van der Waals surface area contributed by atoms with Crippen molar-refractivity contribution in [3.8, 4) is 0 Å². The van der Waals surface area contributed by atoms with E-state index in [0.717, 1.165) is 23.8 Å². The zero-order chi connectivity index (χ0) is 10.6. The van der Waals surface area contributed by atoms with E-state index >= 15 is 0 Å². The average Bonchev–Trinajstić information content (AvgIpc) is 2.90. The van der Waals surface area contributed by atoms with Gasteiger partial charge in [-0.25, -0.2) is 0 Å². The highest BCUT2D eigenvalue weighted by molar-refractivity contribution is 4.99. The maximum Gasteiger partial charge on any atom is 0.0742 e. The van der Waals surface area contributed by atoms with Gasteiger partial charge in [0.15, 0.2) is 0 Å². The molecule has 1 aliphatic rings. The Morgan fingerprint density at radius 2 is 1.93 bits per heavy atom. The van der Waals surface area contributed by atoms with Gasteiger partial charge in [0, 0.05) is 0 Å². The lowest BCUT2D eigenvalue weighted by molar-refractivity contribution is -0.370. The van der Waals surface area contributed by atoms with Crippen LogP contribution in [0.3, 0.4) is 0 Å². The van der Waals surface area contributed by atoms with Crippen molar-refractivity contribution in [1.29, 1.82) is 0 Å². The Kier molecular flexibility index (Phi) is 4.43. The van der Waals surface area contributed by atoms with Crippen molar-refractivity contribution < 1.29 is 5.73 Å². The Bertz CT molecular complexity index is 161. The Hall–Kier alpha value is -0.0400. The number of quaternary nitrogens is 1. The second-order valence-electron chi connectivity index (χ2n) is 5.30. The molecule has 1 fully saturated rings. The lowest BCUT2D eigenvalue weighted by Gasteiger charge is -2.13. The molecule has 1 nitrogen and oxygen atoms in total. The van der Waals surface area contributed by atoms with Gasteiger partial charge in [0.2, 0.25) is 0 Å². The molecule has 84 valence electrons. The van der Waals surface area contributed by atoms with E-state index in [1.54, 1.807) is 0 Å². The molecule has 0 radical (unpaired) electrons. The largest absolute Gasteiger partial charge is 0.358 e. The summed E-state index contributed by atoms with van der Waals surface area (Å²) < 4.78 is 0. The zero-order valence-electron chi connectivity index (χ0n) is 10.3. The molecule has 0 spiro atoms. The van der Waals surface area contributed by atoms with E-state index in [4.69, 9.17) is 0 Å². The van der Waals surface area contributed by atoms with Crippen molar-refractivity contribution in [2.75, 3.05) is 6.54 Å². The number of hydrogen-bond acceptors (Lipinski definition) is 0. The maximum absolute atomic E-state index is 3.93. The van der Waals surface area contributed by atoms with E-state index in [9.17, 15) is 0 Å². The normalized spacial score (nSPS) is 26.1. The monoisotopic (exact) mass is 198 g/mol. The van der Waals surface area contributed by atoms with Gasteiger partial charge in [-0.3, -0.25) is 0 Å². The first-order valence-corrected chi connectivity index (χ1v) is 6.47. The lowest BCUT2D eigenvalue weighted by Crippen LogP contribution is -2.50. The first kappa shape index (κ1) is 12.0. The summed E-state index contributed by atoms with van der Waals surface area (Å²) in [5.41, 5.74) is 4.70. The number of hydrogen-bond donors (Lipinski definition) is 1. The molecule has 1 rings (SSSR count). The second-order valence-corrected chi connectivity index (χ2v) is 5.30. The zero-order valence-corrected chi connectivity index (χ0v) is 10.3. The van der Waals surface area contributed by atoms with Crippen molar-refractivity contribution >= 4 is 0 Å². The van der Waals surface area contributed by atoms with Gasteiger partial charge in [-0.2, -0.15) is 0 Å². The van der Waals surface area contributed by atoms with E-state index < -0.39 is 0 Å². The fourth-order valence-corrected chi connectivity index (χ4v) is 2.93.